The van der Waals surface area contributed by atoms with Crippen LogP contribution in [0.1, 0.15) is 47.7 Å². The maximum absolute atomic E-state index is 12.8. The maximum Gasteiger partial charge on any atom is 0.254 e. The van der Waals surface area contributed by atoms with Crippen LogP contribution < -0.4 is 14.2 Å². The Morgan fingerprint density at radius 1 is 0.794 bits per heavy atom. The Hall–Kier alpha value is -3.47. The van der Waals surface area contributed by atoms with Crippen molar-refractivity contribution < 1.29 is 19.0 Å². The number of aryl methyl sites for hydroxylation is 1. The van der Waals surface area contributed by atoms with Gasteiger partial charge in [0, 0.05) is 19.2 Å². The standard InChI is InChI=1S/C29H35NO4/c1-4-23-13-16-26(17-14-23)33-19-9-6-10-20-34-27-18-15-25(21-28(27)32-3)29(31)30(2)22-24-11-7-5-8-12-24/h5,7-8,11-18,21H,4,6,9-10,19-20,22H2,1-3H3. The van der Waals surface area contributed by atoms with E-state index in [-0.39, 0.29) is 5.91 Å². The number of methoxy groups -OCH3 is 1. The van der Waals surface area contributed by atoms with Crippen LogP contribution >= 0.6 is 0 Å². The number of unbranched alkanes of at least 4 members (excludes halogenated alkanes) is 2. The SMILES string of the molecule is CCc1ccc(OCCCCCOc2ccc(C(=O)N(C)Cc3ccccc3)cc2OC)cc1. The van der Waals surface area contributed by atoms with Gasteiger partial charge in [0.25, 0.3) is 5.91 Å². The molecule has 3 rings (SSSR count). The lowest BCUT2D eigenvalue weighted by Gasteiger charge is -2.18. The predicted molar refractivity (Wildman–Crippen MR) is 136 cm³/mol. The van der Waals surface area contributed by atoms with Crippen LogP contribution in [0, 0.1) is 0 Å². The van der Waals surface area contributed by atoms with Gasteiger partial charge in [-0.05, 0) is 67.1 Å². The van der Waals surface area contributed by atoms with Gasteiger partial charge >= 0.3 is 0 Å². The number of amides is 1. The highest BCUT2D eigenvalue weighted by Gasteiger charge is 2.15. The monoisotopic (exact) mass is 461 g/mol. The molecule has 0 saturated carbocycles. The summed E-state index contributed by atoms with van der Waals surface area (Å²) in [4.78, 5) is 14.5. The lowest BCUT2D eigenvalue weighted by atomic mass is 10.1. The van der Waals surface area contributed by atoms with Crippen LogP contribution in [-0.4, -0.2) is 38.2 Å². The highest BCUT2D eigenvalue weighted by molar-refractivity contribution is 5.94. The molecule has 0 unspecified atom stereocenters. The van der Waals surface area contributed by atoms with E-state index < -0.39 is 0 Å². The van der Waals surface area contributed by atoms with Crippen molar-refractivity contribution in [2.75, 3.05) is 27.4 Å². The second kappa shape index (κ2) is 13.3. The third-order valence-electron chi connectivity index (χ3n) is 5.67. The lowest BCUT2D eigenvalue weighted by Crippen LogP contribution is -2.26. The Labute approximate surface area is 203 Å². The summed E-state index contributed by atoms with van der Waals surface area (Å²) in [6.45, 7) is 3.98. The second-order valence-corrected chi connectivity index (χ2v) is 8.27. The third-order valence-corrected chi connectivity index (χ3v) is 5.67. The zero-order chi connectivity index (χ0) is 24.2. The minimum atomic E-state index is -0.0574. The molecule has 5 heteroatoms. The molecule has 180 valence electrons. The lowest BCUT2D eigenvalue weighted by molar-refractivity contribution is 0.0784. The first-order chi connectivity index (χ1) is 16.6. The smallest absolute Gasteiger partial charge is 0.254 e. The van der Waals surface area contributed by atoms with Crippen molar-refractivity contribution in [2.24, 2.45) is 0 Å². The van der Waals surface area contributed by atoms with Gasteiger partial charge < -0.3 is 19.1 Å². The molecule has 0 aromatic heterocycles. The van der Waals surface area contributed by atoms with E-state index in [1.54, 1.807) is 31.2 Å². The normalized spacial score (nSPS) is 10.6. The number of hydrogen-bond acceptors (Lipinski definition) is 4. The van der Waals surface area contributed by atoms with Gasteiger partial charge in [-0.15, -0.1) is 0 Å². The minimum absolute atomic E-state index is 0.0574. The second-order valence-electron chi connectivity index (χ2n) is 8.27. The molecule has 5 nitrogen and oxygen atoms in total. The fourth-order valence-corrected chi connectivity index (χ4v) is 3.64. The summed E-state index contributed by atoms with van der Waals surface area (Å²) >= 11 is 0. The van der Waals surface area contributed by atoms with Crippen molar-refractivity contribution in [3.63, 3.8) is 0 Å². The zero-order valence-corrected chi connectivity index (χ0v) is 20.5. The Bertz CT molecular complexity index is 1020. The molecule has 3 aromatic carbocycles. The van der Waals surface area contributed by atoms with E-state index in [0.29, 0.717) is 36.8 Å². The van der Waals surface area contributed by atoms with Gasteiger partial charge in [0.2, 0.25) is 0 Å². The van der Waals surface area contributed by atoms with Crippen molar-refractivity contribution >= 4 is 5.91 Å². The Morgan fingerprint density at radius 2 is 1.50 bits per heavy atom. The molecular formula is C29H35NO4. The summed E-state index contributed by atoms with van der Waals surface area (Å²) < 4.78 is 17.2. The molecular weight excluding hydrogens is 426 g/mol. The first-order valence-corrected chi connectivity index (χ1v) is 11.9. The van der Waals surface area contributed by atoms with Crippen molar-refractivity contribution in [1.82, 2.24) is 4.90 Å². The van der Waals surface area contributed by atoms with Gasteiger partial charge in [-0.2, -0.15) is 0 Å². The van der Waals surface area contributed by atoms with Crippen LogP contribution in [0.3, 0.4) is 0 Å². The summed E-state index contributed by atoms with van der Waals surface area (Å²) in [6.07, 6.45) is 3.94. The molecule has 34 heavy (non-hydrogen) atoms. The molecule has 0 aliphatic heterocycles. The molecule has 0 fully saturated rings. The number of carbonyl (C=O) groups is 1. The Morgan fingerprint density at radius 3 is 2.18 bits per heavy atom. The molecule has 0 bridgehead atoms. The number of carbonyl (C=O) groups excluding carboxylic acids is 1. The van der Waals surface area contributed by atoms with Crippen molar-refractivity contribution in [3.05, 3.63) is 89.5 Å². The van der Waals surface area contributed by atoms with Crippen molar-refractivity contribution in [3.8, 4) is 17.2 Å². The van der Waals surface area contributed by atoms with Crippen LogP contribution in [-0.2, 0) is 13.0 Å². The molecule has 0 radical (unpaired) electrons. The van der Waals surface area contributed by atoms with Crippen LogP contribution in [0.2, 0.25) is 0 Å². The largest absolute Gasteiger partial charge is 0.494 e. The summed E-state index contributed by atoms with van der Waals surface area (Å²) in [6, 6.07) is 23.6. The molecule has 0 aliphatic carbocycles. The van der Waals surface area contributed by atoms with Gasteiger partial charge in [0.05, 0.1) is 20.3 Å². The van der Waals surface area contributed by atoms with Crippen molar-refractivity contribution in [2.45, 2.75) is 39.2 Å². The highest BCUT2D eigenvalue weighted by Crippen LogP contribution is 2.29. The zero-order valence-electron chi connectivity index (χ0n) is 20.5. The molecule has 0 saturated heterocycles. The van der Waals surface area contributed by atoms with E-state index in [1.807, 2.05) is 48.5 Å². The predicted octanol–water partition coefficient (Wildman–Crippen LogP) is 6.16. The number of hydrogen-bond donors (Lipinski definition) is 0. The van der Waals surface area contributed by atoms with Crippen LogP contribution in [0.25, 0.3) is 0 Å². The molecule has 0 N–H and O–H groups in total. The third kappa shape index (κ3) is 7.55. The fourth-order valence-electron chi connectivity index (χ4n) is 3.64. The van der Waals surface area contributed by atoms with E-state index in [4.69, 9.17) is 14.2 Å². The first-order valence-electron chi connectivity index (χ1n) is 11.9. The summed E-state index contributed by atoms with van der Waals surface area (Å²) in [5.41, 5.74) is 2.98. The molecule has 0 aliphatic rings. The van der Waals surface area contributed by atoms with Gasteiger partial charge in [-0.3, -0.25) is 4.79 Å². The van der Waals surface area contributed by atoms with E-state index in [0.717, 1.165) is 37.0 Å². The number of benzene rings is 3. The minimum Gasteiger partial charge on any atom is -0.494 e. The van der Waals surface area contributed by atoms with Crippen molar-refractivity contribution in [1.29, 1.82) is 0 Å². The highest BCUT2D eigenvalue weighted by atomic mass is 16.5. The average Bonchev–Trinajstić information content (AvgIpc) is 2.88. The topological polar surface area (TPSA) is 48.0 Å². The van der Waals surface area contributed by atoms with E-state index in [2.05, 4.69) is 19.1 Å². The number of ether oxygens (including phenoxy) is 3. The molecule has 3 aromatic rings. The summed E-state index contributed by atoms with van der Waals surface area (Å²) in [5, 5.41) is 0. The molecule has 0 spiro atoms. The van der Waals surface area contributed by atoms with Crippen LogP contribution in [0.15, 0.2) is 72.8 Å². The molecule has 0 atom stereocenters. The van der Waals surface area contributed by atoms with E-state index in [1.165, 1.54) is 5.56 Å². The summed E-state index contributed by atoms with van der Waals surface area (Å²) in [5.74, 6) is 2.08. The first kappa shape index (κ1) is 25.2. The van der Waals surface area contributed by atoms with Gasteiger partial charge in [-0.25, -0.2) is 0 Å². The van der Waals surface area contributed by atoms with Gasteiger partial charge in [0.15, 0.2) is 11.5 Å². The maximum atomic E-state index is 12.8. The quantitative estimate of drug-likeness (QED) is 0.286. The fraction of sp³-hybridized carbons (Fsp3) is 0.345. The van der Waals surface area contributed by atoms with Gasteiger partial charge in [-0.1, -0.05) is 49.4 Å². The van der Waals surface area contributed by atoms with Crippen LogP contribution in [0.4, 0.5) is 0 Å². The number of nitrogens with zero attached hydrogens (tertiary/aromatic N) is 1. The van der Waals surface area contributed by atoms with Crippen LogP contribution in [0.5, 0.6) is 17.2 Å². The van der Waals surface area contributed by atoms with E-state index >= 15 is 0 Å². The van der Waals surface area contributed by atoms with Gasteiger partial charge in [0.1, 0.15) is 5.75 Å². The molecule has 1 amide bonds. The summed E-state index contributed by atoms with van der Waals surface area (Å²) in [7, 11) is 3.39. The Balaban J connectivity index is 1.41. The van der Waals surface area contributed by atoms with E-state index in [9.17, 15) is 4.79 Å². The number of rotatable bonds is 13. The average molecular weight is 462 g/mol. The molecule has 0 heterocycles. The Kier molecular flexibility index (Phi) is 9.83.